The molecule has 8 nitrogen and oxygen atoms in total. The van der Waals surface area contributed by atoms with Gasteiger partial charge in [-0.3, -0.25) is 19.9 Å². The number of anilines is 1. The first-order valence-corrected chi connectivity index (χ1v) is 10.9. The van der Waals surface area contributed by atoms with E-state index in [1.165, 1.54) is 5.56 Å². The summed E-state index contributed by atoms with van der Waals surface area (Å²) in [5.41, 5.74) is 4.13. The van der Waals surface area contributed by atoms with E-state index in [9.17, 15) is 0 Å². The van der Waals surface area contributed by atoms with Crippen molar-refractivity contribution in [2.24, 2.45) is 0 Å². The molecule has 2 saturated heterocycles. The number of hydrogen-bond acceptors (Lipinski definition) is 8. The zero-order valence-corrected chi connectivity index (χ0v) is 17.6. The van der Waals surface area contributed by atoms with Crippen molar-refractivity contribution in [3.05, 3.63) is 60.6 Å². The predicted molar refractivity (Wildman–Crippen MR) is 118 cm³/mol. The van der Waals surface area contributed by atoms with Crippen LogP contribution in [0.4, 0.5) is 5.95 Å². The monoisotopic (exact) mass is 417 g/mol. The molecule has 2 aliphatic rings. The number of nitrogens with zero attached hydrogens (tertiary/aromatic N) is 7. The average Bonchev–Trinajstić information content (AvgIpc) is 2.86. The Morgan fingerprint density at radius 3 is 2.68 bits per heavy atom. The maximum atomic E-state index is 5.50. The molecule has 2 fully saturated rings. The molecule has 0 radical (unpaired) electrons. The van der Waals surface area contributed by atoms with E-state index >= 15 is 0 Å². The van der Waals surface area contributed by atoms with Gasteiger partial charge in [0.25, 0.3) is 0 Å². The second kappa shape index (κ2) is 9.45. The molecule has 8 heteroatoms. The van der Waals surface area contributed by atoms with Crippen LogP contribution in [0.15, 0.2) is 49.3 Å². The highest BCUT2D eigenvalue weighted by molar-refractivity contribution is 5.62. The van der Waals surface area contributed by atoms with Crippen molar-refractivity contribution in [1.82, 2.24) is 29.8 Å². The third-order valence-electron chi connectivity index (χ3n) is 5.96. The third kappa shape index (κ3) is 4.70. The summed E-state index contributed by atoms with van der Waals surface area (Å²) in [5.74, 6) is 1.11. The Kier molecular flexibility index (Phi) is 6.08. The van der Waals surface area contributed by atoms with Crippen LogP contribution in [0.3, 0.4) is 0 Å². The van der Waals surface area contributed by atoms with E-state index < -0.39 is 0 Å². The van der Waals surface area contributed by atoms with Crippen molar-refractivity contribution < 1.29 is 4.74 Å². The molecular weight excluding hydrogens is 390 g/mol. The number of ether oxygens (including phenoxy) is 1. The molecule has 0 amide bonds. The molecule has 2 aliphatic heterocycles. The first-order valence-electron chi connectivity index (χ1n) is 10.9. The summed E-state index contributed by atoms with van der Waals surface area (Å²) < 4.78 is 5.50. The Bertz CT molecular complexity index is 980. The minimum Gasteiger partial charge on any atom is -0.378 e. The minimum atomic E-state index is 0.324. The lowest BCUT2D eigenvalue weighted by atomic mass is 9.91. The Morgan fingerprint density at radius 2 is 1.87 bits per heavy atom. The Hall–Kier alpha value is -2.97. The van der Waals surface area contributed by atoms with Gasteiger partial charge in [-0.2, -0.15) is 0 Å². The molecule has 0 spiro atoms. The Labute approximate surface area is 182 Å². The maximum absolute atomic E-state index is 5.50. The number of morpholine rings is 1. The molecule has 1 unspecified atom stereocenters. The van der Waals surface area contributed by atoms with Crippen molar-refractivity contribution in [3.8, 4) is 11.3 Å². The molecule has 0 N–H and O–H groups in total. The topological polar surface area (TPSA) is 80.2 Å². The summed E-state index contributed by atoms with van der Waals surface area (Å²) >= 11 is 0. The maximum Gasteiger partial charge on any atom is 0.225 e. The highest BCUT2D eigenvalue weighted by Gasteiger charge is 2.27. The van der Waals surface area contributed by atoms with Crippen LogP contribution in [-0.2, 0) is 11.3 Å². The fraction of sp³-hybridized carbons (Fsp3) is 0.435. The largest absolute Gasteiger partial charge is 0.378 e. The summed E-state index contributed by atoms with van der Waals surface area (Å²) in [7, 11) is 0. The van der Waals surface area contributed by atoms with E-state index in [4.69, 9.17) is 14.7 Å². The smallest absolute Gasteiger partial charge is 0.225 e. The van der Waals surface area contributed by atoms with Gasteiger partial charge in [0.05, 0.1) is 30.8 Å². The van der Waals surface area contributed by atoms with Gasteiger partial charge in [-0.05, 0) is 31.0 Å². The molecule has 0 aromatic carbocycles. The van der Waals surface area contributed by atoms with E-state index in [0.29, 0.717) is 19.1 Å². The lowest BCUT2D eigenvalue weighted by molar-refractivity contribution is 0.122. The molecule has 3 aromatic rings. The van der Waals surface area contributed by atoms with Crippen LogP contribution in [0.25, 0.3) is 11.3 Å². The molecule has 3 aromatic heterocycles. The Balaban J connectivity index is 1.44. The van der Waals surface area contributed by atoms with E-state index in [2.05, 4.69) is 30.8 Å². The molecule has 1 atom stereocenters. The van der Waals surface area contributed by atoms with Crippen LogP contribution in [0.5, 0.6) is 0 Å². The van der Waals surface area contributed by atoms with Gasteiger partial charge in [0, 0.05) is 68.6 Å². The van der Waals surface area contributed by atoms with E-state index in [0.717, 1.165) is 68.5 Å². The number of piperidine rings is 1. The number of aromatic nitrogens is 5. The zero-order valence-electron chi connectivity index (χ0n) is 17.6. The van der Waals surface area contributed by atoms with E-state index in [1.54, 1.807) is 18.6 Å². The van der Waals surface area contributed by atoms with Crippen molar-refractivity contribution >= 4 is 5.95 Å². The fourth-order valence-corrected chi connectivity index (χ4v) is 4.42. The van der Waals surface area contributed by atoms with Gasteiger partial charge in [-0.15, -0.1) is 0 Å². The van der Waals surface area contributed by atoms with Crippen molar-refractivity contribution in [3.63, 3.8) is 0 Å². The third-order valence-corrected chi connectivity index (χ3v) is 5.96. The van der Waals surface area contributed by atoms with E-state index in [-0.39, 0.29) is 0 Å². The van der Waals surface area contributed by atoms with Crippen LogP contribution in [0.1, 0.15) is 30.0 Å². The molecule has 0 saturated carbocycles. The fourth-order valence-electron chi connectivity index (χ4n) is 4.42. The summed E-state index contributed by atoms with van der Waals surface area (Å²) in [6.45, 7) is 6.03. The molecule has 31 heavy (non-hydrogen) atoms. The van der Waals surface area contributed by atoms with Crippen LogP contribution >= 0.6 is 0 Å². The number of rotatable bonds is 5. The second-order valence-electron chi connectivity index (χ2n) is 8.09. The molecule has 0 aliphatic carbocycles. The van der Waals surface area contributed by atoms with Gasteiger partial charge in [0.15, 0.2) is 0 Å². The molecular formula is C23H27N7O. The quantitative estimate of drug-likeness (QED) is 0.627. The van der Waals surface area contributed by atoms with Crippen LogP contribution < -0.4 is 4.90 Å². The van der Waals surface area contributed by atoms with Crippen LogP contribution in [-0.4, -0.2) is 69.2 Å². The summed E-state index contributed by atoms with van der Waals surface area (Å²) in [6.07, 6.45) is 13.2. The van der Waals surface area contributed by atoms with Crippen LogP contribution in [0, 0.1) is 0 Å². The van der Waals surface area contributed by atoms with Gasteiger partial charge in [0.2, 0.25) is 5.95 Å². The second-order valence-corrected chi connectivity index (χ2v) is 8.09. The lowest BCUT2D eigenvalue weighted by Gasteiger charge is -2.34. The van der Waals surface area contributed by atoms with Gasteiger partial charge >= 0.3 is 0 Å². The first kappa shape index (κ1) is 20.0. The molecule has 5 rings (SSSR count). The predicted octanol–water partition coefficient (Wildman–Crippen LogP) is 2.54. The SMILES string of the molecule is c1cncc(CN2CCCC(c3nc(N4CCOCC4)ncc3-c3cnccn3)C2)c1. The number of pyridine rings is 1. The highest BCUT2D eigenvalue weighted by Crippen LogP contribution is 2.33. The summed E-state index contributed by atoms with van der Waals surface area (Å²) in [4.78, 5) is 27.6. The zero-order chi connectivity index (χ0) is 20.9. The van der Waals surface area contributed by atoms with Crippen molar-refractivity contribution in [2.75, 3.05) is 44.3 Å². The highest BCUT2D eigenvalue weighted by atomic mass is 16.5. The Morgan fingerprint density at radius 1 is 0.968 bits per heavy atom. The first-order chi connectivity index (χ1) is 15.4. The van der Waals surface area contributed by atoms with Gasteiger partial charge in [-0.25, -0.2) is 9.97 Å². The number of hydrogen-bond donors (Lipinski definition) is 0. The normalized spacial score (nSPS) is 20.0. The van der Waals surface area contributed by atoms with Crippen molar-refractivity contribution in [2.45, 2.75) is 25.3 Å². The van der Waals surface area contributed by atoms with Crippen molar-refractivity contribution in [1.29, 1.82) is 0 Å². The molecule has 0 bridgehead atoms. The molecule has 5 heterocycles. The minimum absolute atomic E-state index is 0.324. The summed E-state index contributed by atoms with van der Waals surface area (Å²) in [5, 5.41) is 0. The number of likely N-dealkylation sites (tertiary alicyclic amines) is 1. The standard InChI is InChI=1S/C23H27N7O/c1-3-18(13-24-5-1)16-29-8-2-4-19(17-29)22-20(21-15-25-6-7-26-21)14-27-23(28-22)30-9-11-31-12-10-30/h1,3,5-7,13-15,19H,2,4,8-12,16-17H2. The van der Waals surface area contributed by atoms with E-state index in [1.807, 2.05) is 24.7 Å². The average molecular weight is 418 g/mol. The molecule has 160 valence electrons. The summed E-state index contributed by atoms with van der Waals surface area (Å²) in [6, 6.07) is 4.14. The van der Waals surface area contributed by atoms with Gasteiger partial charge < -0.3 is 9.64 Å². The van der Waals surface area contributed by atoms with Gasteiger partial charge in [-0.1, -0.05) is 6.07 Å². The van der Waals surface area contributed by atoms with Crippen LogP contribution in [0.2, 0.25) is 0 Å². The lowest BCUT2D eigenvalue weighted by Crippen LogP contribution is -2.38. The van der Waals surface area contributed by atoms with Gasteiger partial charge in [0.1, 0.15) is 0 Å².